The molecule has 0 aliphatic carbocycles. The van der Waals surface area contributed by atoms with E-state index in [4.69, 9.17) is 33.2 Å². The predicted molar refractivity (Wildman–Crippen MR) is 189 cm³/mol. The number of nitro groups is 2. The summed E-state index contributed by atoms with van der Waals surface area (Å²) in [6, 6.07) is 28.6. The first kappa shape index (κ1) is 29.6. The van der Waals surface area contributed by atoms with Gasteiger partial charge in [0.2, 0.25) is 0 Å². The molecule has 0 spiro atoms. The monoisotopic (exact) mass is 672 g/mol. The van der Waals surface area contributed by atoms with Crippen LogP contribution in [0.25, 0.3) is 66.1 Å². The van der Waals surface area contributed by atoms with Gasteiger partial charge in [-0.15, -0.1) is 0 Å². The quantitative estimate of drug-likeness (QED) is 0.123. The summed E-state index contributed by atoms with van der Waals surface area (Å²) >= 11 is 13.3. The van der Waals surface area contributed by atoms with Crippen LogP contribution in [0.2, 0.25) is 10.0 Å². The Kier molecular flexibility index (Phi) is 7.05. The van der Waals surface area contributed by atoms with Crippen molar-refractivity contribution in [1.29, 1.82) is 0 Å². The Morgan fingerprint density at radius 3 is 1.40 bits per heavy atom. The Morgan fingerprint density at radius 2 is 0.979 bits per heavy atom. The molecule has 0 amide bonds. The summed E-state index contributed by atoms with van der Waals surface area (Å²) in [6.07, 6.45) is 3.38. The Bertz CT molecular complexity index is 2450. The van der Waals surface area contributed by atoms with Crippen molar-refractivity contribution in [1.82, 2.24) is 19.1 Å². The highest BCUT2D eigenvalue weighted by atomic mass is 35.5. The van der Waals surface area contributed by atoms with Crippen LogP contribution in [0.4, 0.5) is 11.4 Å². The van der Waals surface area contributed by atoms with Crippen LogP contribution in [0.15, 0.2) is 109 Å². The molecular weight excluding hydrogens is 651 g/mol. The molecule has 0 radical (unpaired) electrons. The summed E-state index contributed by atoms with van der Waals surface area (Å²) in [4.78, 5) is 31.9. The van der Waals surface area contributed by atoms with E-state index in [9.17, 15) is 20.2 Å². The number of non-ortho nitro benzene ring substituents is 2. The third kappa shape index (κ3) is 4.64. The molecule has 8 aromatic rings. The summed E-state index contributed by atoms with van der Waals surface area (Å²) in [5, 5.41) is 28.0. The number of pyridine rings is 2. The highest BCUT2D eigenvalue weighted by molar-refractivity contribution is 6.34. The summed E-state index contributed by atoms with van der Waals surface area (Å²) in [5.41, 5.74) is 5.34. The summed E-state index contributed by atoms with van der Waals surface area (Å²) < 4.78 is 4.33. The molecule has 234 valence electrons. The van der Waals surface area contributed by atoms with Gasteiger partial charge >= 0.3 is 0 Å². The first-order chi connectivity index (χ1) is 23.3. The third-order valence-corrected chi connectivity index (χ3v) is 9.40. The molecule has 0 N–H and O–H groups in total. The average molecular weight is 674 g/mol. The van der Waals surface area contributed by atoms with Gasteiger partial charge in [-0.3, -0.25) is 30.2 Å². The van der Waals surface area contributed by atoms with Gasteiger partial charge in [0, 0.05) is 93.5 Å². The topological polar surface area (TPSA) is 122 Å². The third-order valence-electron chi connectivity index (χ3n) is 8.74. The molecule has 8 rings (SSSR count). The van der Waals surface area contributed by atoms with E-state index in [0.717, 1.165) is 43.6 Å². The fourth-order valence-electron chi connectivity index (χ4n) is 6.68. The van der Waals surface area contributed by atoms with Crippen LogP contribution in [0.3, 0.4) is 0 Å². The summed E-state index contributed by atoms with van der Waals surface area (Å²) in [7, 11) is 0. The van der Waals surface area contributed by atoms with E-state index in [1.165, 1.54) is 36.4 Å². The van der Waals surface area contributed by atoms with Crippen LogP contribution in [-0.4, -0.2) is 28.9 Å². The normalized spacial score (nSPS) is 11.6. The first-order valence-electron chi connectivity index (χ1n) is 14.9. The number of hydrogen-bond donors (Lipinski definition) is 0. The first-order valence-corrected chi connectivity index (χ1v) is 15.7. The largest absolute Gasteiger partial charge is 0.337 e. The molecule has 4 aromatic heterocycles. The standard InChI is InChI=1S/C36H22Cl2N6O4/c37-29-11-9-21(43(45)46)19-27(29)33-35-25(13-15-39-33)23-5-1-3-7-31(23)41(35)17-18-42-32-8-4-2-6-24(32)26-14-16-40-34(36(26)42)28-20-22(44(47)48)10-12-30(28)38/h1-16,19-20H,17-18H2. The predicted octanol–water partition coefficient (Wildman–Crippen LogP) is 9.85. The maximum absolute atomic E-state index is 11.7. The smallest absolute Gasteiger partial charge is 0.270 e. The molecule has 0 aliphatic heterocycles. The molecule has 0 fully saturated rings. The van der Waals surface area contributed by atoms with Gasteiger partial charge in [-0.05, 0) is 36.4 Å². The Hall–Kier alpha value is -5.84. The number of hydrogen-bond acceptors (Lipinski definition) is 6. The van der Waals surface area contributed by atoms with Crippen LogP contribution in [0, 0.1) is 20.2 Å². The van der Waals surface area contributed by atoms with E-state index >= 15 is 0 Å². The van der Waals surface area contributed by atoms with Crippen LogP contribution in [0.1, 0.15) is 0 Å². The number of nitro benzene ring substituents is 2. The molecule has 0 saturated carbocycles. The van der Waals surface area contributed by atoms with Crippen LogP contribution in [-0.2, 0) is 13.1 Å². The minimum Gasteiger partial charge on any atom is -0.337 e. The second kappa shape index (κ2) is 11.4. The molecule has 4 heterocycles. The molecular formula is C36H22Cl2N6O4. The van der Waals surface area contributed by atoms with Crippen molar-refractivity contribution in [2.75, 3.05) is 0 Å². The minimum absolute atomic E-state index is 0.0824. The number of aryl methyl sites for hydroxylation is 2. The van der Waals surface area contributed by atoms with Gasteiger partial charge < -0.3 is 9.13 Å². The summed E-state index contributed by atoms with van der Waals surface area (Å²) in [6.45, 7) is 0.945. The van der Waals surface area contributed by atoms with Crippen molar-refractivity contribution in [3.63, 3.8) is 0 Å². The zero-order valence-electron chi connectivity index (χ0n) is 24.9. The van der Waals surface area contributed by atoms with E-state index in [1.54, 1.807) is 12.4 Å². The van der Waals surface area contributed by atoms with E-state index in [-0.39, 0.29) is 11.4 Å². The van der Waals surface area contributed by atoms with Crippen molar-refractivity contribution in [3.8, 4) is 22.5 Å². The van der Waals surface area contributed by atoms with E-state index < -0.39 is 9.85 Å². The zero-order chi connectivity index (χ0) is 33.1. The molecule has 10 nitrogen and oxygen atoms in total. The average Bonchev–Trinajstić information content (AvgIpc) is 3.60. The maximum Gasteiger partial charge on any atom is 0.270 e. The number of aromatic nitrogens is 4. The number of rotatable bonds is 7. The lowest BCUT2D eigenvalue weighted by atomic mass is 10.1. The Morgan fingerprint density at radius 1 is 0.562 bits per heavy atom. The van der Waals surface area contributed by atoms with Gasteiger partial charge in [0.1, 0.15) is 0 Å². The van der Waals surface area contributed by atoms with Crippen molar-refractivity contribution in [3.05, 3.63) is 140 Å². The van der Waals surface area contributed by atoms with Crippen molar-refractivity contribution in [2.24, 2.45) is 0 Å². The van der Waals surface area contributed by atoms with Gasteiger partial charge in [-0.2, -0.15) is 0 Å². The SMILES string of the molecule is O=[N+]([O-])c1ccc(Cl)c(-c2nccc3c4ccccc4n(CCn4c5ccccc5c5ccnc(-c6cc([N+](=O)[O-])ccc6Cl)c54)c23)c1. The molecule has 0 atom stereocenters. The maximum atomic E-state index is 11.7. The molecule has 48 heavy (non-hydrogen) atoms. The van der Waals surface area contributed by atoms with Gasteiger partial charge in [0.05, 0.1) is 42.3 Å². The van der Waals surface area contributed by atoms with Crippen LogP contribution >= 0.6 is 23.2 Å². The fraction of sp³-hybridized carbons (Fsp3) is 0.0556. The second-order valence-corrected chi connectivity index (χ2v) is 12.1. The van der Waals surface area contributed by atoms with Gasteiger partial charge in [0.15, 0.2) is 0 Å². The van der Waals surface area contributed by atoms with E-state index in [2.05, 4.69) is 9.13 Å². The molecule has 0 bridgehead atoms. The molecule has 12 heteroatoms. The molecule has 0 saturated heterocycles. The molecule has 0 unspecified atom stereocenters. The fourth-order valence-corrected chi connectivity index (χ4v) is 7.09. The highest BCUT2D eigenvalue weighted by Gasteiger charge is 2.23. The van der Waals surface area contributed by atoms with Crippen molar-refractivity contribution in [2.45, 2.75) is 13.1 Å². The van der Waals surface area contributed by atoms with Gasteiger partial charge in [-0.1, -0.05) is 59.6 Å². The van der Waals surface area contributed by atoms with E-state index in [0.29, 0.717) is 45.6 Å². The van der Waals surface area contributed by atoms with Crippen molar-refractivity contribution >= 4 is 78.2 Å². The Balaban J connectivity index is 1.36. The number of para-hydroxylation sites is 2. The van der Waals surface area contributed by atoms with Gasteiger partial charge in [0.25, 0.3) is 11.4 Å². The van der Waals surface area contributed by atoms with E-state index in [1.807, 2.05) is 60.7 Å². The summed E-state index contributed by atoms with van der Waals surface area (Å²) in [5.74, 6) is 0. The highest BCUT2D eigenvalue weighted by Crippen LogP contribution is 2.41. The Labute approximate surface area is 281 Å². The van der Waals surface area contributed by atoms with Gasteiger partial charge in [-0.25, -0.2) is 0 Å². The second-order valence-electron chi connectivity index (χ2n) is 11.3. The lowest BCUT2D eigenvalue weighted by Crippen LogP contribution is -2.09. The lowest BCUT2D eigenvalue weighted by Gasteiger charge is -2.15. The zero-order valence-corrected chi connectivity index (χ0v) is 26.4. The van der Waals surface area contributed by atoms with Crippen LogP contribution < -0.4 is 0 Å². The number of halogens is 2. The molecule has 4 aromatic carbocycles. The minimum atomic E-state index is -0.447. The number of nitrogens with zero attached hydrogens (tertiary/aromatic N) is 6. The van der Waals surface area contributed by atoms with Crippen molar-refractivity contribution < 1.29 is 9.85 Å². The number of fused-ring (bicyclic) bond motifs is 6. The lowest BCUT2D eigenvalue weighted by molar-refractivity contribution is -0.385. The van der Waals surface area contributed by atoms with Crippen LogP contribution in [0.5, 0.6) is 0 Å². The number of benzene rings is 4. The molecule has 0 aliphatic rings.